The molecule has 6 nitrogen and oxygen atoms in total. The molecule has 2 amide bonds. The molecule has 2 atom stereocenters. The Bertz CT molecular complexity index is 423. The second-order valence-electron chi connectivity index (χ2n) is 4.48. The highest BCUT2D eigenvalue weighted by atomic mass is 32.1. The van der Waals surface area contributed by atoms with Gasteiger partial charge in [-0.15, -0.1) is 11.3 Å². The van der Waals surface area contributed by atoms with Crippen molar-refractivity contribution in [3.63, 3.8) is 0 Å². The fourth-order valence-corrected chi connectivity index (χ4v) is 2.54. The zero-order chi connectivity index (χ0) is 15.0. The standard InChI is InChI=1S/C13H21N3O3S/c1-3-5-6-10(12(17)18)16-13(19)15-9(4-2)11-14-7-8-20-11/h7-10H,3-6H2,1-2H3,(H,17,18)(H2,15,16,19)/t9?,10-/m0/s1. The lowest BCUT2D eigenvalue weighted by Crippen LogP contribution is -2.46. The maximum Gasteiger partial charge on any atom is 0.326 e. The first kappa shape index (κ1) is 16.4. The van der Waals surface area contributed by atoms with Crippen molar-refractivity contribution in [1.29, 1.82) is 0 Å². The molecule has 0 fully saturated rings. The fourth-order valence-electron chi connectivity index (χ4n) is 1.77. The number of carbonyl (C=O) groups excluding carboxylic acids is 1. The van der Waals surface area contributed by atoms with Crippen LogP contribution in [0.2, 0.25) is 0 Å². The van der Waals surface area contributed by atoms with Gasteiger partial charge < -0.3 is 15.7 Å². The summed E-state index contributed by atoms with van der Waals surface area (Å²) < 4.78 is 0. The molecule has 0 spiro atoms. The normalized spacial score (nSPS) is 13.5. The van der Waals surface area contributed by atoms with Crippen LogP contribution in [0.3, 0.4) is 0 Å². The lowest BCUT2D eigenvalue weighted by atomic mass is 10.1. The van der Waals surface area contributed by atoms with Crippen molar-refractivity contribution in [3.8, 4) is 0 Å². The van der Waals surface area contributed by atoms with Gasteiger partial charge in [-0.25, -0.2) is 14.6 Å². The van der Waals surface area contributed by atoms with E-state index in [4.69, 9.17) is 5.11 Å². The number of nitrogens with one attached hydrogen (secondary N) is 2. The molecule has 1 rings (SSSR count). The number of thiazole rings is 1. The fraction of sp³-hybridized carbons (Fsp3) is 0.615. The van der Waals surface area contributed by atoms with Crippen molar-refractivity contribution in [3.05, 3.63) is 16.6 Å². The number of nitrogens with zero attached hydrogens (tertiary/aromatic N) is 1. The summed E-state index contributed by atoms with van der Waals surface area (Å²) in [4.78, 5) is 27.1. The number of aliphatic carboxylic acids is 1. The molecular formula is C13H21N3O3S. The van der Waals surface area contributed by atoms with E-state index in [-0.39, 0.29) is 6.04 Å². The highest BCUT2D eigenvalue weighted by Crippen LogP contribution is 2.18. The first-order chi connectivity index (χ1) is 9.58. The van der Waals surface area contributed by atoms with Crippen molar-refractivity contribution >= 4 is 23.3 Å². The molecule has 1 unspecified atom stereocenters. The second kappa shape index (κ2) is 8.52. The summed E-state index contributed by atoms with van der Waals surface area (Å²) >= 11 is 1.47. The van der Waals surface area contributed by atoms with Crippen LogP contribution in [0.25, 0.3) is 0 Å². The van der Waals surface area contributed by atoms with Gasteiger partial charge in [0.2, 0.25) is 0 Å². The summed E-state index contributed by atoms with van der Waals surface area (Å²) in [6.45, 7) is 3.92. The van der Waals surface area contributed by atoms with Crippen molar-refractivity contribution in [2.24, 2.45) is 0 Å². The number of unbranched alkanes of at least 4 members (excludes halogenated alkanes) is 1. The number of carboxylic acids is 1. The predicted molar refractivity (Wildman–Crippen MR) is 77.8 cm³/mol. The molecule has 0 bridgehead atoms. The van der Waals surface area contributed by atoms with Crippen LogP contribution >= 0.6 is 11.3 Å². The highest BCUT2D eigenvalue weighted by Gasteiger charge is 2.21. The van der Waals surface area contributed by atoms with Gasteiger partial charge in [0, 0.05) is 11.6 Å². The van der Waals surface area contributed by atoms with E-state index in [1.165, 1.54) is 11.3 Å². The van der Waals surface area contributed by atoms with Gasteiger partial charge in [-0.2, -0.15) is 0 Å². The number of urea groups is 1. The average molecular weight is 299 g/mol. The van der Waals surface area contributed by atoms with Crippen LogP contribution < -0.4 is 10.6 Å². The largest absolute Gasteiger partial charge is 0.480 e. The zero-order valence-corrected chi connectivity index (χ0v) is 12.6. The number of rotatable bonds is 8. The van der Waals surface area contributed by atoms with Gasteiger partial charge in [0.15, 0.2) is 0 Å². The van der Waals surface area contributed by atoms with Crippen LogP contribution in [-0.2, 0) is 4.79 Å². The van der Waals surface area contributed by atoms with Crippen LogP contribution in [0.5, 0.6) is 0 Å². The van der Waals surface area contributed by atoms with E-state index in [0.717, 1.165) is 17.8 Å². The number of amides is 2. The Balaban J connectivity index is 2.53. The molecule has 0 aromatic carbocycles. The smallest absolute Gasteiger partial charge is 0.326 e. The summed E-state index contributed by atoms with van der Waals surface area (Å²) in [5.41, 5.74) is 0. The molecule has 0 saturated heterocycles. The maximum absolute atomic E-state index is 11.9. The Labute approximate surface area is 122 Å². The molecule has 7 heteroatoms. The second-order valence-corrected chi connectivity index (χ2v) is 5.41. The average Bonchev–Trinajstić information content (AvgIpc) is 2.94. The summed E-state index contributed by atoms with van der Waals surface area (Å²) in [5, 5.41) is 17.0. The maximum atomic E-state index is 11.9. The number of carbonyl (C=O) groups is 2. The van der Waals surface area contributed by atoms with Crippen molar-refractivity contribution in [2.75, 3.05) is 0 Å². The molecular weight excluding hydrogens is 278 g/mol. The van der Waals surface area contributed by atoms with Crippen molar-refractivity contribution in [2.45, 2.75) is 51.6 Å². The Morgan fingerprint density at radius 3 is 2.65 bits per heavy atom. The third kappa shape index (κ3) is 5.16. The molecule has 0 radical (unpaired) electrons. The monoisotopic (exact) mass is 299 g/mol. The minimum atomic E-state index is -1.00. The number of aromatic nitrogens is 1. The zero-order valence-electron chi connectivity index (χ0n) is 11.8. The van der Waals surface area contributed by atoms with Crippen LogP contribution in [-0.4, -0.2) is 28.1 Å². The SMILES string of the molecule is CCCC[C@H](NC(=O)NC(CC)c1nccs1)C(=O)O. The Morgan fingerprint density at radius 1 is 1.40 bits per heavy atom. The van der Waals surface area contributed by atoms with Crippen molar-refractivity contribution in [1.82, 2.24) is 15.6 Å². The minimum absolute atomic E-state index is 0.185. The van der Waals surface area contributed by atoms with Gasteiger partial charge in [0.05, 0.1) is 6.04 Å². The van der Waals surface area contributed by atoms with Gasteiger partial charge in [0.1, 0.15) is 11.0 Å². The quantitative estimate of drug-likeness (QED) is 0.688. The molecule has 0 aliphatic rings. The Hall–Kier alpha value is -1.63. The van der Waals surface area contributed by atoms with Gasteiger partial charge in [-0.05, 0) is 12.8 Å². The van der Waals surface area contributed by atoms with Crippen LogP contribution in [0.1, 0.15) is 50.6 Å². The van der Waals surface area contributed by atoms with E-state index in [2.05, 4.69) is 15.6 Å². The number of carboxylic acid groups (broad SMARTS) is 1. The third-order valence-electron chi connectivity index (χ3n) is 2.91. The van der Waals surface area contributed by atoms with Gasteiger partial charge in [0.25, 0.3) is 0 Å². The highest BCUT2D eigenvalue weighted by molar-refractivity contribution is 7.09. The topological polar surface area (TPSA) is 91.3 Å². The summed E-state index contributed by atoms with van der Waals surface area (Å²) in [6, 6.07) is -1.49. The molecule has 0 aliphatic heterocycles. The first-order valence-electron chi connectivity index (χ1n) is 6.77. The van der Waals surface area contributed by atoms with Crippen LogP contribution in [0, 0.1) is 0 Å². The Kier molecular flexibility index (Phi) is 7.00. The molecule has 1 aromatic rings. The molecule has 0 aliphatic carbocycles. The lowest BCUT2D eigenvalue weighted by Gasteiger charge is -2.18. The number of hydrogen-bond donors (Lipinski definition) is 3. The lowest BCUT2D eigenvalue weighted by molar-refractivity contribution is -0.139. The van der Waals surface area contributed by atoms with E-state index >= 15 is 0 Å². The summed E-state index contributed by atoms with van der Waals surface area (Å²) in [7, 11) is 0. The summed E-state index contributed by atoms with van der Waals surface area (Å²) in [6.07, 6.45) is 4.48. The van der Waals surface area contributed by atoms with E-state index in [1.54, 1.807) is 6.20 Å². The van der Waals surface area contributed by atoms with E-state index in [1.807, 2.05) is 19.2 Å². The molecule has 112 valence electrons. The van der Waals surface area contributed by atoms with Crippen LogP contribution in [0.15, 0.2) is 11.6 Å². The van der Waals surface area contributed by atoms with Gasteiger partial charge in [-0.1, -0.05) is 26.7 Å². The van der Waals surface area contributed by atoms with E-state index in [9.17, 15) is 9.59 Å². The van der Waals surface area contributed by atoms with E-state index < -0.39 is 18.0 Å². The minimum Gasteiger partial charge on any atom is -0.480 e. The molecule has 1 aromatic heterocycles. The molecule has 20 heavy (non-hydrogen) atoms. The van der Waals surface area contributed by atoms with Crippen molar-refractivity contribution < 1.29 is 14.7 Å². The van der Waals surface area contributed by atoms with Gasteiger partial charge in [-0.3, -0.25) is 0 Å². The van der Waals surface area contributed by atoms with Gasteiger partial charge >= 0.3 is 12.0 Å². The molecule has 3 N–H and O–H groups in total. The van der Waals surface area contributed by atoms with E-state index in [0.29, 0.717) is 12.8 Å². The number of hydrogen-bond acceptors (Lipinski definition) is 4. The first-order valence-corrected chi connectivity index (χ1v) is 7.65. The third-order valence-corrected chi connectivity index (χ3v) is 3.80. The predicted octanol–water partition coefficient (Wildman–Crippen LogP) is 2.54. The molecule has 0 saturated carbocycles. The molecule has 1 heterocycles. The summed E-state index contributed by atoms with van der Waals surface area (Å²) in [5.74, 6) is -1.00. The Morgan fingerprint density at radius 2 is 2.15 bits per heavy atom. The van der Waals surface area contributed by atoms with Crippen LogP contribution in [0.4, 0.5) is 4.79 Å².